The summed E-state index contributed by atoms with van der Waals surface area (Å²) in [6, 6.07) is -0.425. The summed E-state index contributed by atoms with van der Waals surface area (Å²) >= 11 is 0. The van der Waals surface area contributed by atoms with Gasteiger partial charge in [-0.2, -0.15) is 0 Å². The Morgan fingerprint density at radius 2 is 1.80 bits per heavy atom. The number of hydrogen-bond donors (Lipinski definition) is 2. The molecule has 2 N–H and O–H groups in total. The van der Waals surface area contributed by atoms with Gasteiger partial charge in [0, 0.05) is 13.2 Å². The van der Waals surface area contributed by atoms with Crippen molar-refractivity contribution >= 4 is 5.97 Å². The van der Waals surface area contributed by atoms with Crippen molar-refractivity contribution in [1.82, 2.24) is 5.32 Å². The van der Waals surface area contributed by atoms with E-state index in [0.29, 0.717) is 12.5 Å². The molecule has 0 aliphatic rings. The van der Waals surface area contributed by atoms with Gasteiger partial charge < -0.3 is 9.84 Å². The molecule has 2 atom stereocenters. The lowest BCUT2D eigenvalue weighted by Crippen LogP contribution is -2.50. The maximum absolute atomic E-state index is 11.0. The SMILES string of the molecule is COCC(NC(C(=O)O)C(C)C)C(C)C. The number of carboxylic acid groups (broad SMARTS) is 1. The number of aliphatic carboxylic acids is 1. The van der Waals surface area contributed by atoms with Crippen LogP contribution >= 0.6 is 0 Å². The van der Waals surface area contributed by atoms with Gasteiger partial charge >= 0.3 is 5.97 Å². The van der Waals surface area contributed by atoms with Gasteiger partial charge in [0.25, 0.3) is 0 Å². The van der Waals surface area contributed by atoms with E-state index in [1.807, 2.05) is 13.8 Å². The van der Waals surface area contributed by atoms with E-state index >= 15 is 0 Å². The lowest BCUT2D eigenvalue weighted by atomic mass is 9.99. The van der Waals surface area contributed by atoms with Crippen molar-refractivity contribution in [3.05, 3.63) is 0 Å². The summed E-state index contributed by atoms with van der Waals surface area (Å²) in [7, 11) is 1.63. The van der Waals surface area contributed by atoms with Crippen LogP contribution in [0.3, 0.4) is 0 Å². The largest absolute Gasteiger partial charge is 0.480 e. The predicted molar refractivity (Wildman–Crippen MR) is 59.9 cm³/mol. The zero-order chi connectivity index (χ0) is 12.0. The van der Waals surface area contributed by atoms with Crippen LogP contribution in [0.15, 0.2) is 0 Å². The van der Waals surface area contributed by atoms with Crippen LogP contribution in [0.4, 0.5) is 0 Å². The number of methoxy groups -OCH3 is 1. The first-order valence-corrected chi connectivity index (χ1v) is 5.37. The van der Waals surface area contributed by atoms with E-state index in [1.54, 1.807) is 7.11 Å². The fourth-order valence-corrected chi connectivity index (χ4v) is 1.39. The Kier molecular flexibility index (Phi) is 6.52. The predicted octanol–water partition coefficient (Wildman–Crippen LogP) is 1.36. The molecule has 15 heavy (non-hydrogen) atoms. The molecule has 0 rings (SSSR count). The molecule has 0 fully saturated rings. The lowest BCUT2D eigenvalue weighted by Gasteiger charge is -2.27. The zero-order valence-electron chi connectivity index (χ0n) is 10.3. The molecule has 4 heteroatoms. The van der Waals surface area contributed by atoms with E-state index < -0.39 is 12.0 Å². The van der Waals surface area contributed by atoms with E-state index in [2.05, 4.69) is 19.2 Å². The number of carboxylic acids is 1. The number of carbonyl (C=O) groups is 1. The van der Waals surface area contributed by atoms with Gasteiger partial charge in [0.15, 0.2) is 0 Å². The van der Waals surface area contributed by atoms with Crippen LogP contribution in [0.1, 0.15) is 27.7 Å². The fraction of sp³-hybridized carbons (Fsp3) is 0.909. The summed E-state index contributed by atoms with van der Waals surface area (Å²) in [5.74, 6) is -0.377. The third kappa shape index (κ3) is 5.14. The van der Waals surface area contributed by atoms with Crippen molar-refractivity contribution in [1.29, 1.82) is 0 Å². The summed E-state index contributed by atoms with van der Waals surface area (Å²) in [6.07, 6.45) is 0. The summed E-state index contributed by atoms with van der Waals surface area (Å²) < 4.78 is 5.07. The molecule has 0 aromatic heterocycles. The van der Waals surface area contributed by atoms with Gasteiger partial charge in [0.2, 0.25) is 0 Å². The van der Waals surface area contributed by atoms with E-state index in [4.69, 9.17) is 9.84 Å². The Hall–Kier alpha value is -0.610. The van der Waals surface area contributed by atoms with Crippen LogP contribution in [0, 0.1) is 11.8 Å². The lowest BCUT2D eigenvalue weighted by molar-refractivity contribution is -0.141. The molecule has 0 saturated carbocycles. The molecule has 90 valence electrons. The second kappa shape index (κ2) is 6.80. The highest BCUT2D eigenvalue weighted by Crippen LogP contribution is 2.08. The first kappa shape index (κ1) is 14.4. The normalized spacial score (nSPS) is 15.7. The van der Waals surface area contributed by atoms with Crippen LogP contribution in [-0.2, 0) is 9.53 Å². The first-order chi connectivity index (χ1) is 6.90. The second-order valence-electron chi connectivity index (χ2n) is 4.53. The molecule has 0 bridgehead atoms. The van der Waals surface area contributed by atoms with Crippen molar-refractivity contribution < 1.29 is 14.6 Å². The number of rotatable bonds is 7. The average Bonchev–Trinajstić information content (AvgIpc) is 2.10. The van der Waals surface area contributed by atoms with Gasteiger partial charge in [-0.15, -0.1) is 0 Å². The second-order valence-corrected chi connectivity index (χ2v) is 4.53. The molecular formula is C11H23NO3. The fourth-order valence-electron chi connectivity index (χ4n) is 1.39. The highest BCUT2D eigenvalue weighted by atomic mass is 16.5. The van der Waals surface area contributed by atoms with Crippen LogP contribution in [0.25, 0.3) is 0 Å². The summed E-state index contributed by atoms with van der Waals surface area (Å²) in [5, 5.41) is 12.2. The maximum Gasteiger partial charge on any atom is 0.320 e. The summed E-state index contributed by atoms with van der Waals surface area (Å²) in [5.41, 5.74) is 0. The van der Waals surface area contributed by atoms with Crippen molar-refractivity contribution in [3.8, 4) is 0 Å². The van der Waals surface area contributed by atoms with E-state index in [0.717, 1.165) is 0 Å². The van der Waals surface area contributed by atoms with E-state index in [-0.39, 0.29) is 12.0 Å². The number of hydrogen-bond acceptors (Lipinski definition) is 3. The van der Waals surface area contributed by atoms with Gasteiger partial charge in [-0.25, -0.2) is 0 Å². The van der Waals surface area contributed by atoms with Gasteiger partial charge in [0.05, 0.1) is 6.61 Å². The Bertz CT molecular complexity index is 192. The number of nitrogens with one attached hydrogen (secondary N) is 1. The van der Waals surface area contributed by atoms with Crippen LogP contribution in [-0.4, -0.2) is 36.9 Å². The minimum atomic E-state index is -0.799. The Balaban J connectivity index is 4.40. The molecule has 2 unspecified atom stereocenters. The Morgan fingerprint density at radius 1 is 1.27 bits per heavy atom. The van der Waals surface area contributed by atoms with Crippen molar-refractivity contribution in [2.75, 3.05) is 13.7 Å². The van der Waals surface area contributed by atoms with Crippen molar-refractivity contribution in [2.45, 2.75) is 39.8 Å². The van der Waals surface area contributed by atoms with Crippen LogP contribution in [0.5, 0.6) is 0 Å². The molecule has 0 radical (unpaired) electrons. The third-order valence-corrected chi connectivity index (χ3v) is 2.48. The third-order valence-electron chi connectivity index (χ3n) is 2.48. The van der Waals surface area contributed by atoms with Gasteiger partial charge in [-0.3, -0.25) is 10.1 Å². The van der Waals surface area contributed by atoms with Crippen molar-refractivity contribution in [2.24, 2.45) is 11.8 Å². The zero-order valence-corrected chi connectivity index (χ0v) is 10.3. The van der Waals surface area contributed by atoms with Crippen LogP contribution < -0.4 is 5.32 Å². The minimum absolute atomic E-state index is 0.0700. The first-order valence-electron chi connectivity index (χ1n) is 5.37. The molecular weight excluding hydrogens is 194 g/mol. The highest BCUT2D eigenvalue weighted by molar-refractivity contribution is 5.73. The standard InChI is InChI=1S/C11H23NO3/c1-7(2)9(6-15-5)12-10(8(3)4)11(13)14/h7-10,12H,6H2,1-5H3,(H,13,14). The highest BCUT2D eigenvalue weighted by Gasteiger charge is 2.25. The van der Waals surface area contributed by atoms with Gasteiger partial charge in [-0.05, 0) is 11.8 Å². The number of ether oxygens (including phenoxy) is 1. The van der Waals surface area contributed by atoms with Crippen LogP contribution in [0.2, 0.25) is 0 Å². The molecule has 4 nitrogen and oxygen atoms in total. The van der Waals surface area contributed by atoms with Gasteiger partial charge in [-0.1, -0.05) is 27.7 Å². The van der Waals surface area contributed by atoms with Gasteiger partial charge in [0.1, 0.15) is 6.04 Å². The molecule has 0 aromatic rings. The van der Waals surface area contributed by atoms with Crippen molar-refractivity contribution in [3.63, 3.8) is 0 Å². The Morgan fingerprint density at radius 3 is 2.07 bits per heavy atom. The maximum atomic E-state index is 11.0. The Labute approximate surface area is 92.0 Å². The molecule has 0 saturated heterocycles. The topological polar surface area (TPSA) is 58.6 Å². The van der Waals surface area contributed by atoms with E-state index in [1.165, 1.54) is 0 Å². The minimum Gasteiger partial charge on any atom is -0.480 e. The molecule has 0 aliphatic carbocycles. The monoisotopic (exact) mass is 217 g/mol. The average molecular weight is 217 g/mol. The molecule has 0 spiro atoms. The summed E-state index contributed by atoms with van der Waals surface area (Å²) in [6.45, 7) is 8.44. The molecule has 0 aromatic carbocycles. The molecule has 0 aliphatic heterocycles. The molecule has 0 amide bonds. The molecule has 0 heterocycles. The quantitative estimate of drug-likeness (QED) is 0.676. The van der Waals surface area contributed by atoms with E-state index in [9.17, 15) is 4.79 Å². The summed E-state index contributed by atoms with van der Waals surface area (Å²) in [4.78, 5) is 11.0. The smallest absolute Gasteiger partial charge is 0.320 e.